The molecule has 0 aliphatic heterocycles. The fraction of sp³-hybridized carbons (Fsp3) is 0.200. The Morgan fingerprint density at radius 1 is 1.11 bits per heavy atom. The first-order valence-electron chi connectivity index (χ1n) is 6.27. The zero-order valence-electron chi connectivity index (χ0n) is 10.9. The van der Waals surface area contributed by atoms with E-state index in [1.807, 2.05) is 30.3 Å². The van der Waals surface area contributed by atoms with Crippen molar-refractivity contribution in [3.63, 3.8) is 0 Å². The molecule has 0 fully saturated rings. The summed E-state index contributed by atoms with van der Waals surface area (Å²) < 4.78 is 5.76. The van der Waals surface area contributed by atoms with Crippen LogP contribution in [0.1, 0.15) is 25.5 Å². The van der Waals surface area contributed by atoms with Gasteiger partial charge in [0.25, 0.3) is 0 Å². The second-order valence-electron chi connectivity index (χ2n) is 4.84. The summed E-state index contributed by atoms with van der Waals surface area (Å²) in [6.07, 6.45) is 0. The number of para-hydroxylation sites is 1. The van der Waals surface area contributed by atoms with E-state index in [1.54, 1.807) is 6.07 Å². The number of benzene rings is 1. The highest BCUT2D eigenvalue weighted by atomic mass is 16.3. The predicted molar refractivity (Wildman–Crippen MR) is 75.7 cm³/mol. The summed E-state index contributed by atoms with van der Waals surface area (Å²) >= 11 is 0. The van der Waals surface area contributed by atoms with Crippen molar-refractivity contribution in [1.29, 1.82) is 0 Å². The molecule has 0 saturated heterocycles. The van der Waals surface area contributed by atoms with Gasteiger partial charge in [0.1, 0.15) is 11.4 Å². The zero-order valence-corrected chi connectivity index (χ0v) is 10.9. The van der Waals surface area contributed by atoms with Gasteiger partial charge in [-0.1, -0.05) is 32.0 Å². The van der Waals surface area contributed by atoms with Crippen LogP contribution in [-0.4, -0.2) is 9.97 Å². The van der Waals surface area contributed by atoms with Crippen LogP contribution < -0.4 is 5.73 Å². The largest absolute Gasteiger partial charge is 0.453 e. The molecule has 0 radical (unpaired) electrons. The molecule has 3 rings (SSSR count). The quantitative estimate of drug-likeness (QED) is 0.757. The lowest BCUT2D eigenvalue weighted by Crippen LogP contribution is -2.01. The molecule has 4 heteroatoms. The van der Waals surface area contributed by atoms with Crippen molar-refractivity contribution >= 4 is 16.8 Å². The van der Waals surface area contributed by atoms with Crippen molar-refractivity contribution in [1.82, 2.24) is 9.97 Å². The Morgan fingerprint density at radius 2 is 1.89 bits per heavy atom. The van der Waals surface area contributed by atoms with Gasteiger partial charge in [0.05, 0.1) is 0 Å². The average molecular weight is 253 g/mol. The summed E-state index contributed by atoms with van der Waals surface area (Å²) in [5.41, 5.74) is 7.58. The molecule has 0 unspecified atom stereocenters. The van der Waals surface area contributed by atoms with Crippen molar-refractivity contribution in [3.8, 4) is 11.6 Å². The summed E-state index contributed by atoms with van der Waals surface area (Å²) in [4.78, 5) is 8.77. The number of fused-ring (bicyclic) bond motifs is 1. The van der Waals surface area contributed by atoms with Crippen LogP contribution in [0.25, 0.3) is 22.6 Å². The molecule has 2 aromatic heterocycles. The summed E-state index contributed by atoms with van der Waals surface area (Å²) in [5, 5.41) is 1.04. The topological polar surface area (TPSA) is 64.9 Å². The maximum atomic E-state index is 5.84. The van der Waals surface area contributed by atoms with Crippen molar-refractivity contribution in [2.45, 2.75) is 19.8 Å². The monoisotopic (exact) mass is 253 g/mol. The number of nitrogens with zero attached hydrogens (tertiary/aromatic N) is 2. The van der Waals surface area contributed by atoms with Crippen LogP contribution in [0.2, 0.25) is 0 Å². The van der Waals surface area contributed by atoms with E-state index in [0.717, 1.165) is 16.7 Å². The second-order valence-corrected chi connectivity index (χ2v) is 4.84. The van der Waals surface area contributed by atoms with E-state index in [0.29, 0.717) is 23.3 Å². The zero-order chi connectivity index (χ0) is 13.4. The summed E-state index contributed by atoms with van der Waals surface area (Å²) in [5.74, 6) is 1.96. The predicted octanol–water partition coefficient (Wildman–Crippen LogP) is 3.60. The van der Waals surface area contributed by atoms with E-state index in [9.17, 15) is 0 Å². The number of nitrogens with two attached hydrogens (primary N) is 1. The smallest absolute Gasteiger partial charge is 0.197 e. The molecule has 0 aliphatic rings. The number of hydrogen-bond acceptors (Lipinski definition) is 4. The fourth-order valence-corrected chi connectivity index (χ4v) is 1.98. The molecule has 0 atom stereocenters. The van der Waals surface area contributed by atoms with Gasteiger partial charge in [-0.3, -0.25) is 0 Å². The van der Waals surface area contributed by atoms with Crippen LogP contribution in [0.5, 0.6) is 0 Å². The Hall–Kier alpha value is -2.36. The van der Waals surface area contributed by atoms with E-state index >= 15 is 0 Å². The summed E-state index contributed by atoms with van der Waals surface area (Å²) in [6.45, 7) is 4.15. The number of nitrogen functional groups attached to an aromatic ring is 1. The van der Waals surface area contributed by atoms with E-state index in [1.165, 1.54) is 0 Å². The molecule has 3 aromatic rings. The molecule has 1 aromatic carbocycles. The maximum Gasteiger partial charge on any atom is 0.197 e. The highest BCUT2D eigenvalue weighted by molar-refractivity contribution is 5.81. The van der Waals surface area contributed by atoms with E-state index in [-0.39, 0.29) is 0 Å². The minimum atomic E-state index is 0.299. The van der Waals surface area contributed by atoms with Crippen molar-refractivity contribution < 1.29 is 4.42 Å². The Bertz CT molecular complexity index is 698. The molecule has 0 bridgehead atoms. The third kappa shape index (κ3) is 2.17. The highest BCUT2D eigenvalue weighted by Crippen LogP contribution is 2.27. The minimum absolute atomic E-state index is 0.299. The van der Waals surface area contributed by atoms with Gasteiger partial charge in [-0.05, 0) is 18.1 Å². The van der Waals surface area contributed by atoms with Crippen LogP contribution in [0.3, 0.4) is 0 Å². The van der Waals surface area contributed by atoms with Crippen molar-refractivity contribution in [3.05, 3.63) is 42.1 Å². The van der Waals surface area contributed by atoms with Crippen LogP contribution in [0, 0.1) is 0 Å². The molecule has 2 N–H and O–H groups in total. The Kier molecular flexibility index (Phi) is 2.71. The molecule has 0 saturated carbocycles. The van der Waals surface area contributed by atoms with Crippen molar-refractivity contribution in [2.75, 3.05) is 5.73 Å². The second kappa shape index (κ2) is 4.39. The van der Waals surface area contributed by atoms with Gasteiger partial charge >= 0.3 is 0 Å². The number of aromatic nitrogens is 2. The molecule has 0 aliphatic carbocycles. The molecule has 19 heavy (non-hydrogen) atoms. The first-order valence-corrected chi connectivity index (χ1v) is 6.27. The first kappa shape index (κ1) is 11.7. The molecule has 0 amide bonds. The molecular weight excluding hydrogens is 238 g/mol. The third-order valence-electron chi connectivity index (χ3n) is 3.00. The molecule has 0 spiro atoms. The molecule has 4 nitrogen and oxygen atoms in total. The Morgan fingerprint density at radius 3 is 2.63 bits per heavy atom. The number of hydrogen-bond donors (Lipinski definition) is 1. The van der Waals surface area contributed by atoms with Crippen molar-refractivity contribution in [2.24, 2.45) is 0 Å². The Balaban J connectivity index is 2.15. The van der Waals surface area contributed by atoms with E-state index in [2.05, 4.69) is 23.8 Å². The van der Waals surface area contributed by atoms with E-state index < -0.39 is 0 Å². The van der Waals surface area contributed by atoms with Gasteiger partial charge in [0.15, 0.2) is 11.6 Å². The highest BCUT2D eigenvalue weighted by Gasteiger charge is 2.12. The fourth-order valence-electron chi connectivity index (χ4n) is 1.98. The number of rotatable bonds is 2. The van der Waals surface area contributed by atoms with Crippen LogP contribution in [-0.2, 0) is 0 Å². The van der Waals surface area contributed by atoms with Crippen LogP contribution >= 0.6 is 0 Å². The summed E-state index contributed by atoms with van der Waals surface area (Å²) in [6, 6.07) is 11.6. The van der Waals surface area contributed by atoms with Gasteiger partial charge in [0, 0.05) is 17.1 Å². The molecular formula is C15H15N3O. The molecule has 2 heterocycles. The summed E-state index contributed by atoms with van der Waals surface area (Å²) in [7, 11) is 0. The first-order chi connectivity index (χ1) is 9.13. The van der Waals surface area contributed by atoms with Crippen LogP contribution in [0.15, 0.2) is 40.8 Å². The third-order valence-corrected chi connectivity index (χ3v) is 3.00. The Labute approximate surface area is 111 Å². The number of furan rings is 1. The minimum Gasteiger partial charge on any atom is -0.453 e. The standard InChI is InChI=1S/C15H15N3O/c1-9(2)11-8-14(16)18-15(17-11)13-7-10-5-3-4-6-12(10)19-13/h3-9H,1-2H3,(H2,16,17,18). The van der Waals surface area contributed by atoms with Gasteiger partial charge in [-0.15, -0.1) is 0 Å². The lowest BCUT2D eigenvalue weighted by atomic mass is 10.1. The van der Waals surface area contributed by atoms with Gasteiger partial charge in [-0.2, -0.15) is 0 Å². The van der Waals surface area contributed by atoms with E-state index in [4.69, 9.17) is 10.2 Å². The normalized spacial score (nSPS) is 11.3. The maximum absolute atomic E-state index is 5.84. The lowest BCUT2D eigenvalue weighted by molar-refractivity contribution is 0.624. The van der Waals surface area contributed by atoms with Gasteiger partial charge in [-0.25, -0.2) is 9.97 Å². The average Bonchev–Trinajstić information content (AvgIpc) is 2.81. The lowest BCUT2D eigenvalue weighted by Gasteiger charge is -2.06. The SMILES string of the molecule is CC(C)c1cc(N)nc(-c2cc3ccccc3o2)n1. The van der Waals surface area contributed by atoms with Gasteiger partial charge in [0.2, 0.25) is 0 Å². The molecule has 96 valence electrons. The number of anilines is 1. The van der Waals surface area contributed by atoms with Gasteiger partial charge < -0.3 is 10.2 Å². The van der Waals surface area contributed by atoms with Crippen LogP contribution in [0.4, 0.5) is 5.82 Å².